The predicted molar refractivity (Wildman–Crippen MR) is 154 cm³/mol. The summed E-state index contributed by atoms with van der Waals surface area (Å²) >= 11 is 0. The summed E-state index contributed by atoms with van der Waals surface area (Å²) in [5, 5.41) is 18.0. The van der Waals surface area contributed by atoms with Crippen LogP contribution >= 0.6 is 0 Å². The second-order valence-corrected chi connectivity index (χ2v) is 11.1. The summed E-state index contributed by atoms with van der Waals surface area (Å²) in [6.07, 6.45) is 13.2. The van der Waals surface area contributed by atoms with Gasteiger partial charge >= 0.3 is 6.09 Å². The lowest BCUT2D eigenvalue weighted by Crippen LogP contribution is -2.43. The van der Waals surface area contributed by atoms with Gasteiger partial charge in [0.1, 0.15) is 5.75 Å². The van der Waals surface area contributed by atoms with E-state index in [-0.39, 0.29) is 35.6 Å². The zero-order valence-electron chi connectivity index (χ0n) is 22.8. The van der Waals surface area contributed by atoms with E-state index in [1.807, 2.05) is 6.33 Å². The van der Waals surface area contributed by atoms with Crippen LogP contribution in [-0.2, 0) is 0 Å². The topological polar surface area (TPSA) is 166 Å². The monoisotopic (exact) mass is 561 g/mol. The number of anilines is 2. The first kappa shape index (κ1) is 26.9. The highest BCUT2D eigenvalue weighted by Crippen LogP contribution is 2.31. The van der Waals surface area contributed by atoms with Gasteiger partial charge in [0.05, 0.1) is 17.3 Å². The molecule has 2 fully saturated rings. The van der Waals surface area contributed by atoms with Gasteiger partial charge in [-0.25, -0.2) is 9.78 Å². The summed E-state index contributed by atoms with van der Waals surface area (Å²) in [6.45, 7) is 1.01. The third-order valence-corrected chi connectivity index (χ3v) is 8.22. The summed E-state index contributed by atoms with van der Waals surface area (Å²) in [4.78, 5) is 39.2. The molecule has 0 radical (unpaired) electrons. The Morgan fingerprint density at radius 1 is 1.00 bits per heavy atom. The Labute approximate surface area is 237 Å². The van der Waals surface area contributed by atoms with Gasteiger partial charge < -0.3 is 30.6 Å². The van der Waals surface area contributed by atoms with E-state index < -0.39 is 11.0 Å². The fourth-order valence-electron chi connectivity index (χ4n) is 5.82. The Balaban J connectivity index is 1.13. The van der Waals surface area contributed by atoms with Gasteiger partial charge in [-0.15, -0.1) is 0 Å². The predicted octanol–water partition coefficient (Wildman–Crippen LogP) is 4.38. The lowest BCUT2D eigenvalue weighted by molar-refractivity contribution is -0.384. The Hall–Kier alpha value is -4.26. The molecule has 41 heavy (non-hydrogen) atoms. The largest absolute Gasteiger partial charge is 0.415 e. The number of nitrogens with two attached hydrogens (primary N) is 1. The number of nitro groups is 1. The normalized spacial score (nSPS) is 23.0. The number of aromatic nitrogens is 4. The van der Waals surface area contributed by atoms with E-state index in [1.165, 1.54) is 24.3 Å². The number of nitrogens with one attached hydrogen (secondary N) is 2. The molecule has 3 aromatic rings. The highest BCUT2D eigenvalue weighted by molar-refractivity contribution is 5.84. The van der Waals surface area contributed by atoms with E-state index in [1.54, 1.807) is 4.90 Å². The molecule has 1 amide bonds. The number of fused-ring (bicyclic) bond motifs is 1. The van der Waals surface area contributed by atoms with Crippen molar-refractivity contribution in [2.75, 3.05) is 23.7 Å². The number of allylic oxidation sites excluding steroid dienone is 2. The van der Waals surface area contributed by atoms with Crippen LogP contribution in [0.2, 0.25) is 0 Å². The number of hydrogen-bond donors (Lipinski definition) is 3. The molecule has 13 heteroatoms. The van der Waals surface area contributed by atoms with Gasteiger partial charge in [0.25, 0.3) is 5.69 Å². The summed E-state index contributed by atoms with van der Waals surface area (Å²) < 4.78 is 7.56. The molecule has 1 saturated carbocycles. The Bertz CT molecular complexity index is 1420. The number of imidazole rings is 1. The van der Waals surface area contributed by atoms with Crippen molar-refractivity contribution < 1.29 is 14.5 Å². The minimum Gasteiger partial charge on any atom is -0.410 e. The number of non-ortho nitro benzene ring substituents is 1. The summed E-state index contributed by atoms with van der Waals surface area (Å²) in [5.74, 6) is 1.56. The maximum absolute atomic E-state index is 12.7. The van der Waals surface area contributed by atoms with Gasteiger partial charge in [0, 0.05) is 43.3 Å². The summed E-state index contributed by atoms with van der Waals surface area (Å²) in [7, 11) is 0. The van der Waals surface area contributed by atoms with Crippen LogP contribution in [-0.4, -0.2) is 66.7 Å². The average molecular weight is 562 g/mol. The Morgan fingerprint density at radius 2 is 1.73 bits per heavy atom. The number of piperidine rings is 1. The van der Waals surface area contributed by atoms with Gasteiger partial charge in [-0.2, -0.15) is 9.97 Å². The van der Waals surface area contributed by atoms with Crippen LogP contribution in [0.5, 0.6) is 5.75 Å². The second-order valence-electron chi connectivity index (χ2n) is 11.1. The van der Waals surface area contributed by atoms with E-state index >= 15 is 0 Å². The van der Waals surface area contributed by atoms with Crippen molar-refractivity contribution in [3.63, 3.8) is 0 Å². The van der Waals surface area contributed by atoms with Gasteiger partial charge in [-0.05, 0) is 63.5 Å². The molecule has 13 nitrogen and oxygen atoms in total. The second kappa shape index (κ2) is 11.7. The van der Waals surface area contributed by atoms with E-state index in [0.29, 0.717) is 37.7 Å². The molecule has 2 aliphatic carbocycles. The molecular weight excluding hydrogens is 526 g/mol. The molecule has 1 unspecified atom stereocenters. The molecule has 216 valence electrons. The number of nitro benzene ring substituents is 1. The number of rotatable bonds is 7. The molecule has 1 aliphatic heterocycles. The first-order chi connectivity index (χ1) is 19.9. The van der Waals surface area contributed by atoms with Crippen LogP contribution < -0.4 is 21.1 Å². The van der Waals surface area contributed by atoms with E-state index in [2.05, 4.69) is 27.4 Å². The average Bonchev–Trinajstić information content (AvgIpc) is 3.65. The van der Waals surface area contributed by atoms with Crippen molar-refractivity contribution in [3.05, 3.63) is 52.9 Å². The molecule has 1 aromatic carbocycles. The van der Waals surface area contributed by atoms with Crippen molar-refractivity contribution in [2.45, 2.75) is 75.5 Å². The van der Waals surface area contributed by atoms with Crippen molar-refractivity contribution in [1.29, 1.82) is 0 Å². The number of benzene rings is 1. The SMILES string of the molecule is NC1CCC(Nc2nc(NC3CCN(C(=O)Oc4ccc([N+](=O)[O-])cc4)CC3)c3ncn(C4C=CCC4)c3n2)CC1. The molecule has 1 saturated heterocycles. The number of carbonyl (C=O) groups excluding carboxylic acids is 1. The Morgan fingerprint density at radius 3 is 2.41 bits per heavy atom. The number of hydrogen-bond acceptors (Lipinski definition) is 10. The van der Waals surface area contributed by atoms with Crippen LogP contribution in [0.15, 0.2) is 42.7 Å². The fraction of sp³-hybridized carbons (Fsp3) is 0.500. The van der Waals surface area contributed by atoms with E-state index in [9.17, 15) is 14.9 Å². The summed E-state index contributed by atoms with van der Waals surface area (Å²) in [5.41, 5.74) is 7.60. The summed E-state index contributed by atoms with van der Waals surface area (Å²) in [6, 6.07) is 6.36. The highest BCUT2D eigenvalue weighted by atomic mass is 16.6. The molecule has 4 N–H and O–H groups in total. The van der Waals surface area contributed by atoms with Crippen molar-refractivity contribution in [3.8, 4) is 5.75 Å². The third kappa shape index (κ3) is 6.09. The molecule has 2 aromatic heterocycles. The lowest BCUT2D eigenvalue weighted by atomic mass is 9.92. The molecule has 3 heterocycles. The minimum absolute atomic E-state index is 0.0543. The van der Waals surface area contributed by atoms with Crippen LogP contribution in [0.4, 0.5) is 22.2 Å². The number of likely N-dealkylation sites (tertiary alicyclic amines) is 1. The van der Waals surface area contributed by atoms with E-state index in [0.717, 1.165) is 49.7 Å². The number of amides is 1. The molecule has 0 bridgehead atoms. The standard InChI is InChI=1S/C28H35N9O4/c29-18-5-7-19(8-6-18)32-27-33-25(24-26(34-27)36(17-30-24)21-3-1-2-4-21)31-20-13-15-35(16-14-20)28(38)41-23-11-9-22(10-12-23)37(39)40/h1,3,9-12,17-21H,2,4-8,13-16,29H2,(H2,31,32,33,34). The minimum atomic E-state index is -0.490. The smallest absolute Gasteiger partial charge is 0.410 e. The van der Waals surface area contributed by atoms with Gasteiger partial charge in [0.15, 0.2) is 17.0 Å². The number of ether oxygens (including phenoxy) is 1. The molecular formula is C28H35N9O4. The Kier molecular flexibility index (Phi) is 7.68. The molecule has 1 atom stereocenters. The van der Waals surface area contributed by atoms with Crippen LogP contribution in [0.1, 0.15) is 57.4 Å². The molecule has 0 spiro atoms. The highest BCUT2D eigenvalue weighted by Gasteiger charge is 2.27. The van der Waals surface area contributed by atoms with Gasteiger partial charge in [-0.1, -0.05) is 12.2 Å². The van der Waals surface area contributed by atoms with Crippen molar-refractivity contribution in [1.82, 2.24) is 24.4 Å². The first-order valence-corrected chi connectivity index (χ1v) is 14.3. The van der Waals surface area contributed by atoms with Crippen LogP contribution in [0.3, 0.4) is 0 Å². The van der Waals surface area contributed by atoms with Gasteiger partial charge in [-0.3, -0.25) is 10.1 Å². The quantitative estimate of drug-likeness (QED) is 0.214. The van der Waals surface area contributed by atoms with Gasteiger partial charge in [0.2, 0.25) is 5.95 Å². The third-order valence-electron chi connectivity index (χ3n) is 8.22. The fourth-order valence-corrected chi connectivity index (χ4v) is 5.82. The lowest BCUT2D eigenvalue weighted by Gasteiger charge is -2.32. The maximum atomic E-state index is 12.7. The maximum Gasteiger partial charge on any atom is 0.415 e. The number of nitrogens with zero attached hydrogens (tertiary/aromatic N) is 6. The molecule has 3 aliphatic rings. The zero-order chi connectivity index (χ0) is 28.3. The molecule has 6 rings (SSSR count). The van der Waals surface area contributed by atoms with Crippen LogP contribution in [0, 0.1) is 10.1 Å². The van der Waals surface area contributed by atoms with Crippen LogP contribution in [0.25, 0.3) is 11.2 Å². The number of carbonyl (C=O) groups is 1. The van der Waals surface area contributed by atoms with Crippen molar-refractivity contribution in [2.24, 2.45) is 5.73 Å². The van der Waals surface area contributed by atoms with E-state index in [4.69, 9.17) is 25.4 Å². The first-order valence-electron chi connectivity index (χ1n) is 14.3. The van der Waals surface area contributed by atoms with Crippen molar-refractivity contribution >= 4 is 34.7 Å². The zero-order valence-corrected chi connectivity index (χ0v) is 22.8.